The van der Waals surface area contributed by atoms with Crippen LogP contribution >= 0.6 is 0 Å². The molecule has 90 valence electrons. The summed E-state index contributed by atoms with van der Waals surface area (Å²) in [5, 5.41) is 0. The minimum atomic E-state index is 0.153. The number of nitrogens with two attached hydrogens (primary N) is 1. The average Bonchev–Trinajstić information content (AvgIpc) is 2.39. The molecule has 2 aromatic carbocycles. The van der Waals surface area contributed by atoms with Crippen LogP contribution in [-0.4, -0.2) is 5.84 Å². The first-order valence-electron chi connectivity index (χ1n) is 6.22. The number of hydrogen-bond donors (Lipinski definition) is 1. The number of rotatable bonds is 1. The van der Waals surface area contributed by atoms with Crippen LogP contribution in [0.1, 0.15) is 28.3 Å². The van der Waals surface area contributed by atoms with Crippen LogP contribution in [0.5, 0.6) is 0 Å². The zero-order valence-corrected chi connectivity index (χ0v) is 10.4. The molecule has 0 aromatic heterocycles. The predicted molar refractivity (Wildman–Crippen MR) is 74.8 cm³/mol. The van der Waals surface area contributed by atoms with E-state index in [1.165, 1.54) is 16.7 Å². The third-order valence-corrected chi connectivity index (χ3v) is 3.43. The van der Waals surface area contributed by atoms with Gasteiger partial charge >= 0.3 is 0 Å². The Kier molecular flexibility index (Phi) is 2.63. The lowest BCUT2D eigenvalue weighted by Crippen LogP contribution is -2.22. The minimum Gasteiger partial charge on any atom is -0.383 e. The van der Waals surface area contributed by atoms with E-state index in [9.17, 15) is 0 Å². The fourth-order valence-electron chi connectivity index (χ4n) is 2.51. The second kappa shape index (κ2) is 4.30. The van der Waals surface area contributed by atoms with Crippen LogP contribution in [0.3, 0.4) is 0 Å². The predicted octanol–water partition coefficient (Wildman–Crippen LogP) is 3.00. The highest BCUT2D eigenvalue weighted by atomic mass is 14.9. The Morgan fingerprint density at radius 3 is 2.78 bits per heavy atom. The molecule has 0 saturated heterocycles. The third-order valence-electron chi connectivity index (χ3n) is 3.43. The van der Waals surface area contributed by atoms with Gasteiger partial charge in [0.2, 0.25) is 0 Å². The van der Waals surface area contributed by atoms with Gasteiger partial charge in [0.05, 0.1) is 6.04 Å². The van der Waals surface area contributed by atoms with Gasteiger partial charge in [-0.3, -0.25) is 4.99 Å². The summed E-state index contributed by atoms with van der Waals surface area (Å²) in [5.41, 5.74) is 10.9. The number of fused-ring (bicyclic) bond motifs is 1. The molecular formula is C16H16N2. The standard InChI is InChI=1S/C16H16N2/c1-11-5-4-7-13(9-11)15-10-12-6-2-3-8-14(12)16(17)18-15/h2-9,15H,10H2,1H3,(H2,17,18). The summed E-state index contributed by atoms with van der Waals surface area (Å²) in [6, 6.07) is 16.9. The summed E-state index contributed by atoms with van der Waals surface area (Å²) >= 11 is 0. The normalized spacial score (nSPS) is 18.1. The highest BCUT2D eigenvalue weighted by molar-refractivity contribution is 5.99. The maximum absolute atomic E-state index is 6.06. The molecular weight excluding hydrogens is 220 g/mol. The summed E-state index contributed by atoms with van der Waals surface area (Å²) < 4.78 is 0. The van der Waals surface area contributed by atoms with Crippen LogP contribution in [0.4, 0.5) is 0 Å². The van der Waals surface area contributed by atoms with Crippen molar-refractivity contribution in [1.82, 2.24) is 0 Å². The van der Waals surface area contributed by atoms with Crippen molar-refractivity contribution in [2.45, 2.75) is 19.4 Å². The SMILES string of the molecule is Cc1cccc(C2Cc3ccccc3C(N)=N2)c1. The van der Waals surface area contributed by atoms with Crippen LogP contribution in [0, 0.1) is 6.92 Å². The van der Waals surface area contributed by atoms with Gasteiger partial charge in [-0.25, -0.2) is 0 Å². The summed E-state index contributed by atoms with van der Waals surface area (Å²) in [6.07, 6.45) is 0.931. The average molecular weight is 236 g/mol. The molecule has 0 fully saturated rings. The molecule has 0 saturated carbocycles. The van der Waals surface area contributed by atoms with E-state index >= 15 is 0 Å². The molecule has 2 aromatic rings. The van der Waals surface area contributed by atoms with Gasteiger partial charge in [-0.1, -0.05) is 54.1 Å². The van der Waals surface area contributed by atoms with Crippen molar-refractivity contribution >= 4 is 5.84 Å². The second-order valence-corrected chi connectivity index (χ2v) is 4.81. The fraction of sp³-hybridized carbons (Fsp3) is 0.188. The molecule has 0 amide bonds. The summed E-state index contributed by atoms with van der Waals surface area (Å²) in [5.74, 6) is 0.656. The number of nitrogens with zero attached hydrogens (tertiary/aromatic N) is 1. The molecule has 1 aliphatic heterocycles. The van der Waals surface area contributed by atoms with E-state index in [0.717, 1.165) is 12.0 Å². The Labute approximate surface area is 107 Å². The molecule has 0 spiro atoms. The van der Waals surface area contributed by atoms with E-state index < -0.39 is 0 Å². The van der Waals surface area contributed by atoms with E-state index in [0.29, 0.717) is 5.84 Å². The second-order valence-electron chi connectivity index (χ2n) is 4.81. The van der Waals surface area contributed by atoms with E-state index in [4.69, 9.17) is 5.73 Å². The number of amidine groups is 1. The topological polar surface area (TPSA) is 38.4 Å². The molecule has 2 N–H and O–H groups in total. The van der Waals surface area contributed by atoms with Gasteiger partial charge in [0.1, 0.15) is 5.84 Å². The molecule has 1 atom stereocenters. The van der Waals surface area contributed by atoms with Gasteiger partial charge in [-0.05, 0) is 24.5 Å². The zero-order valence-electron chi connectivity index (χ0n) is 10.4. The Morgan fingerprint density at radius 2 is 1.94 bits per heavy atom. The molecule has 1 aliphatic rings. The summed E-state index contributed by atoms with van der Waals surface area (Å²) in [7, 11) is 0. The maximum Gasteiger partial charge on any atom is 0.126 e. The van der Waals surface area contributed by atoms with Gasteiger partial charge in [-0.2, -0.15) is 0 Å². The van der Waals surface area contributed by atoms with Crippen LogP contribution < -0.4 is 5.73 Å². The highest BCUT2D eigenvalue weighted by Gasteiger charge is 2.20. The largest absolute Gasteiger partial charge is 0.383 e. The van der Waals surface area contributed by atoms with Gasteiger partial charge in [0, 0.05) is 5.56 Å². The van der Waals surface area contributed by atoms with Crippen molar-refractivity contribution < 1.29 is 0 Å². The van der Waals surface area contributed by atoms with E-state index in [-0.39, 0.29) is 6.04 Å². The smallest absolute Gasteiger partial charge is 0.126 e. The van der Waals surface area contributed by atoms with Gasteiger partial charge < -0.3 is 5.73 Å². The quantitative estimate of drug-likeness (QED) is 0.812. The molecule has 0 bridgehead atoms. The Balaban J connectivity index is 2.02. The molecule has 2 heteroatoms. The van der Waals surface area contributed by atoms with Crippen molar-refractivity contribution in [3.05, 3.63) is 70.8 Å². The first kappa shape index (κ1) is 11.0. The van der Waals surface area contributed by atoms with Crippen molar-refractivity contribution in [2.24, 2.45) is 10.7 Å². The third kappa shape index (κ3) is 1.90. The first-order chi connectivity index (χ1) is 8.74. The lowest BCUT2D eigenvalue weighted by molar-refractivity contribution is 0.709. The maximum atomic E-state index is 6.06. The molecule has 1 heterocycles. The van der Waals surface area contributed by atoms with Gasteiger partial charge in [0.25, 0.3) is 0 Å². The van der Waals surface area contributed by atoms with Gasteiger partial charge in [-0.15, -0.1) is 0 Å². The first-order valence-corrected chi connectivity index (χ1v) is 6.22. The van der Waals surface area contributed by atoms with E-state index in [1.807, 2.05) is 12.1 Å². The zero-order chi connectivity index (χ0) is 12.5. The van der Waals surface area contributed by atoms with Crippen molar-refractivity contribution in [3.8, 4) is 0 Å². The molecule has 3 rings (SSSR count). The highest BCUT2D eigenvalue weighted by Crippen LogP contribution is 2.28. The Hall–Kier alpha value is -2.09. The summed E-state index contributed by atoms with van der Waals surface area (Å²) in [4.78, 5) is 4.63. The lowest BCUT2D eigenvalue weighted by atomic mass is 9.92. The van der Waals surface area contributed by atoms with Crippen LogP contribution in [-0.2, 0) is 6.42 Å². The molecule has 1 unspecified atom stereocenters. The van der Waals surface area contributed by atoms with E-state index in [2.05, 4.69) is 48.3 Å². The van der Waals surface area contributed by atoms with Crippen LogP contribution in [0.2, 0.25) is 0 Å². The number of aryl methyl sites for hydroxylation is 1. The van der Waals surface area contributed by atoms with E-state index in [1.54, 1.807) is 0 Å². The lowest BCUT2D eigenvalue weighted by Gasteiger charge is -2.22. The number of hydrogen-bond acceptors (Lipinski definition) is 2. The monoisotopic (exact) mass is 236 g/mol. The van der Waals surface area contributed by atoms with Crippen molar-refractivity contribution in [2.75, 3.05) is 0 Å². The molecule has 18 heavy (non-hydrogen) atoms. The number of aliphatic imine (C=N–C) groups is 1. The summed E-state index contributed by atoms with van der Waals surface area (Å²) in [6.45, 7) is 2.10. The van der Waals surface area contributed by atoms with Crippen molar-refractivity contribution in [1.29, 1.82) is 0 Å². The van der Waals surface area contributed by atoms with Gasteiger partial charge in [0.15, 0.2) is 0 Å². The molecule has 2 nitrogen and oxygen atoms in total. The minimum absolute atomic E-state index is 0.153. The van der Waals surface area contributed by atoms with Crippen molar-refractivity contribution in [3.63, 3.8) is 0 Å². The van der Waals surface area contributed by atoms with Crippen LogP contribution in [0.25, 0.3) is 0 Å². The van der Waals surface area contributed by atoms with Crippen LogP contribution in [0.15, 0.2) is 53.5 Å². The number of benzene rings is 2. The molecule has 0 aliphatic carbocycles. The molecule has 0 radical (unpaired) electrons. The Bertz CT molecular complexity index is 614. The Morgan fingerprint density at radius 1 is 1.11 bits per heavy atom. The fourth-order valence-corrected chi connectivity index (χ4v) is 2.51.